The molecule has 7 heteroatoms. The molecule has 2 aromatic carbocycles. The molecule has 2 aromatic rings. The number of hydrogen-bond donors (Lipinski definition) is 1. The summed E-state index contributed by atoms with van der Waals surface area (Å²) < 4.78 is 17.5. The molecule has 0 saturated heterocycles. The van der Waals surface area contributed by atoms with Gasteiger partial charge in [-0.2, -0.15) is 0 Å². The highest BCUT2D eigenvalue weighted by Gasteiger charge is 2.42. The summed E-state index contributed by atoms with van der Waals surface area (Å²) in [7, 11) is 3.26. The number of methoxy groups -OCH3 is 2. The summed E-state index contributed by atoms with van der Waals surface area (Å²) in [6.07, 6.45) is 4.93. The number of carbonyl (C=O) groups excluding carboxylic acids is 2. The van der Waals surface area contributed by atoms with E-state index in [2.05, 4.69) is 21.2 Å². The zero-order valence-corrected chi connectivity index (χ0v) is 23.0. The number of hydrogen-bond acceptors (Lipinski definition) is 6. The first-order chi connectivity index (χ1) is 17.9. The monoisotopic (exact) mass is 565 g/mol. The average Bonchev–Trinajstić information content (AvgIpc) is 3.40. The van der Waals surface area contributed by atoms with Gasteiger partial charge in [0.2, 0.25) is 0 Å². The summed E-state index contributed by atoms with van der Waals surface area (Å²) in [5, 5.41) is 3.44. The summed E-state index contributed by atoms with van der Waals surface area (Å²) in [5.41, 5.74) is 4.74. The van der Waals surface area contributed by atoms with E-state index in [-0.39, 0.29) is 23.8 Å². The van der Waals surface area contributed by atoms with Crippen LogP contribution in [0.1, 0.15) is 68.4 Å². The number of rotatable bonds is 6. The predicted octanol–water partition coefficient (Wildman–Crippen LogP) is 6.31. The van der Waals surface area contributed by atoms with Crippen molar-refractivity contribution in [3.63, 3.8) is 0 Å². The fraction of sp³-hybridized carbons (Fsp3) is 0.400. The normalized spacial score (nSPS) is 22.0. The van der Waals surface area contributed by atoms with E-state index in [1.165, 1.54) is 0 Å². The number of halogens is 1. The molecule has 1 fully saturated rings. The summed E-state index contributed by atoms with van der Waals surface area (Å²) in [6, 6.07) is 13.6. The van der Waals surface area contributed by atoms with Gasteiger partial charge in [0.05, 0.1) is 24.3 Å². The van der Waals surface area contributed by atoms with Crippen LogP contribution in [0.15, 0.2) is 69.5 Å². The maximum Gasteiger partial charge on any atom is 0.337 e. The first kappa shape index (κ1) is 25.6. The van der Waals surface area contributed by atoms with E-state index in [0.717, 1.165) is 58.4 Å². The van der Waals surface area contributed by atoms with Gasteiger partial charge in [0.1, 0.15) is 17.6 Å². The topological polar surface area (TPSA) is 73.9 Å². The van der Waals surface area contributed by atoms with Gasteiger partial charge in [0.25, 0.3) is 0 Å². The van der Waals surface area contributed by atoms with E-state index in [1.807, 2.05) is 49.4 Å². The molecule has 0 radical (unpaired) electrons. The lowest BCUT2D eigenvalue weighted by Gasteiger charge is -2.37. The highest BCUT2D eigenvalue weighted by molar-refractivity contribution is 9.10. The molecule has 1 N–H and O–H groups in total. The molecular weight excluding hydrogens is 534 g/mol. The SMILES string of the molecule is COc1ccc([C@H]2CC(=O)C3=C(C2)NC(C)=C(C(=O)OC2CCCC2)[C@H]3c2ccc(OC)c(Br)c2)cc1. The van der Waals surface area contributed by atoms with Gasteiger partial charge >= 0.3 is 5.97 Å². The molecular formula is C30H32BrNO5. The maximum atomic E-state index is 13.8. The summed E-state index contributed by atoms with van der Waals surface area (Å²) in [6.45, 7) is 1.90. The standard InChI is InChI=1S/C30H32BrNO5/c1-17-27(30(34)37-22-6-4-5-7-22)28(19-10-13-26(36-3)23(31)14-19)29-24(32-17)15-20(16-25(29)33)18-8-11-21(35-2)12-9-18/h8-14,20,22,28,32H,4-7,15-16H2,1-3H3/t20-,28-/m1/s1. The Morgan fingerprint density at radius 3 is 2.32 bits per heavy atom. The molecule has 3 aliphatic rings. The Kier molecular flexibility index (Phi) is 7.43. The zero-order valence-electron chi connectivity index (χ0n) is 21.4. The third-order valence-corrected chi connectivity index (χ3v) is 8.34. The van der Waals surface area contributed by atoms with E-state index < -0.39 is 5.92 Å². The molecule has 5 rings (SSSR count). The van der Waals surface area contributed by atoms with Crippen molar-refractivity contribution in [2.75, 3.05) is 14.2 Å². The van der Waals surface area contributed by atoms with Crippen molar-refractivity contribution in [1.82, 2.24) is 5.32 Å². The van der Waals surface area contributed by atoms with Crippen LogP contribution in [-0.4, -0.2) is 32.1 Å². The van der Waals surface area contributed by atoms with Crippen LogP contribution in [-0.2, 0) is 14.3 Å². The Bertz CT molecular complexity index is 1270. The third-order valence-electron chi connectivity index (χ3n) is 7.72. The molecule has 2 aliphatic carbocycles. The smallest absolute Gasteiger partial charge is 0.337 e. The number of nitrogens with one attached hydrogen (secondary N) is 1. The van der Waals surface area contributed by atoms with Gasteiger partial charge in [-0.1, -0.05) is 18.2 Å². The molecule has 0 amide bonds. The fourth-order valence-corrected chi connectivity index (χ4v) is 6.40. The molecule has 6 nitrogen and oxygen atoms in total. The molecule has 0 bridgehead atoms. The van der Waals surface area contributed by atoms with Crippen LogP contribution in [0.4, 0.5) is 0 Å². The lowest BCUT2D eigenvalue weighted by Crippen LogP contribution is -2.36. The second-order valence-corrected chi connectivity index (χ2v) is 10.9. The van der Waals surface area contributed by atoms with Crippen LogP contribution in [0.2, 0.25) is 0 Å². The van der Waals surface area contributed by atoms with Crippen molar-refractivity contribution in [3.05, 3.63) is 80.6 Å². The quantitative estimate of drug-likeness (QED) is 0.413. The molecule has 1 saturated carbocycles. The second-order valence-electron chi connectivity index (χ2n) is 10.00. The van der Waals surface area contributed by atoms with Crippen LogP contribution < -0.4 is 14.8 Å². The first-order valence-corrected chi connectivity index (χ1v) is 13.6. The van der Waals surface area contributed by atoms with Gasteiger partial charge in [-0.15, -0.1) is 0 Å². The first-order valence-electron chi connectivity index (χ1n) is 12.8. The van der Waals surface area contributed by atoms with E-state index in [9.17, 15) is 9.59 Å². The Hall–Kier alpha value is -3.06. The number of benzene rings is 2. The number of ketones is 1. The molecule has 194 valence electrons. The molecule has 1 aliphatic heterocycles. The molecule has 0 spiro atoms. The maximum absolute atomic E-state index is 13.8. The van der Waals surface area contributed by atoms with Gasteiger partial charge in [0, 0.05) is 29.3 Å². The Labute approximate surface area is 226 Å². The number of dihydropyridines is 1. The lowest BCUT2D eigenvalue weighted by atomic mass is 9.71. The Morgan fingerprint density at radius 2 is 1.68 bits per heavy atom. The van der Waals surface area contributed by atoms with Crippen molar-refractivity contribution in [2.24, 2.45) is 0 Å². The van der Waals surface area contributed by atoms with Crippen LogP contribution in [0, 0.1) is 0 Å². The van der Waals surface area contributed by atoms with Gasteiger partial charge in [-0.3, -0.25) is 4.79 Å². The average molecular weight is 566 g/mol. The largest absolute Gasteiger partial charge is 0.497 e. The number of ether oxygens (including phenoxy) is 3. The minimum atomic E-state index is -0.503. The third kappa shape index (κ3) is 5.06. The van der Waals surface area contributed by atoms with Crippen LogP contribution in [0.5, 0.6) is 11.5 Å². The van der Waals surface area contributed by atoms with Crippen LogP contribution in [0.25, 0.3) is 0 Å². The Balaban J connectivity index is 1.54. The summed E-state index contributed by atoms with van der Waals surface area (Å²) in [5.74, 6) is 0.730. The van der Waals surface area contributed by atoms with Crippen LogP contribution >= 0.6 is 15.9 Å². The highest BCUT2D eigenvalue weighted by Crippen LogP contribution is 2.47. The fourth-order valence-electron chi connectivity index (χ4n) is 5.84. The van der Waals surface area contributed by atoms with Gasteiger partial charge in [-0.25, -0.2) is 4.79 Å². The van der Waals surface area contributed by atoms with Gasteiger partial charge in [-0.05, 0) is 96.3 Å². The minimum absolute atomic E-state index is 0.0465. The lowest BCUT2D eigenvalue weighted by molar-refractivity contribution is -0.144. The van der Waals surface area contributed by atoms with E-state index in [0.29, 0.717) is 29.7 Å². The molecule has 0 aromatic heterocycles. The summed E-state index contributed by atoms with van der Waals surface area (Å²) in [4.78, 5) is 27.4. The summed E-state index contributed by atoms with van der Waals surface area (Å²) >= 11 is 3.59. The number of allylic oxidation sites excluding steroid dienone is 3. The molecule has 1 heterocycles. The van der Waals surface area contributed by atoms with Crippen molar-refractivity contribution >= 4 is 27.7 Å². The minimum Gasteiger partial charge on any atom is -0.497 e. The van der Waals surface area contributed by atoms with Gasteiger partial charge < -0.3 is 19.5 Å². The molecule has 37 heavy (non-hydrogen) atoms. The van der Waals surface area contributed by atoms with E-state index in [1.54, 1.807) is 14.2 Å². The number of carbonyl (C=O) groups is 2. The predicted molar refractivity (Wildman–Crippen MR) is 145 cm³/mol. The van der Waals surface area contributed by atoms with Gasteiger partial charge in [0.15, 0.2) is 5.78 Å². The van der Waals surface area contributed by atoms with Crippen molar-refractivity contribution in [1.29, 1.82) is 0 Å². The molecule has 2 atom stereocenters. The van der Waals surface area contributed by atoms with Crippen molar-refractivity contribution in [3.8, 4) is 11.5 Å². The van der Waals surface area contributed by atoms with Crippen molar-refractivity contribution < 1.29 is 23.8 Å². The van der Waals surface area contributed by atoms with Crippen LogP contribution in [0.3, 0.4) is 0 Å². The zero-order chi connectivity index (χ0) is 26.1. The van der Waals surface area contributed by atoms with E-state index in [4.69, 9.17) is 14.2 Å². The molecule has 0 unspecified atom stereocenters. The number of Topliss-reactive ketones (excluding diaryl/α,β-unsaturated/α-hetero) is 1. The van der Waals surface area contributed by atoms with Crippen molar-refractivity contribution in [2.45, 2.75) is 63.4 Å². The Morgan fingerprint density at radius 1 is 0.973 bits per heavy atom. The highest BCUT2D eigenvalue weighted by atomic mass is 79.9. The number of esters is 1. The van der Waals surface area contributed by atoms with E-state index >= 15 is 0 Å². The second kappa shape index (κ2) is 10.7.